The Labute approximate surface area is 90.7 Å². The van der Waals surface area contributed by atoms with Crippen LogP contribution in [0.3, 0.4) is 0 Å². The average molecular weight is 293 g/mol. The van der Waals surface area contributed by atoms with Crippen LogP contribution in [-0.4, -0.2) is 16.3 Å². The molecule has 1 aromatic rings. The van der Waals surface area contributed by atoms with Crippen molar-refractivity contribution in [3.8, 4) is 5.75 Å². The Morgan fingerprint density at radius 1 is 1.46 bits per heavy atom. The highest BCUT2D eigenvalue weighted by atomic mass is 127. The number of halogens is 1. The second-order valence-corrected chi connectivity index (χ2v) is 4.22. The van der Waals surface area contributed by atoms with Crippen molar-refractivity contribution in [1.29, 1.82) is 0 Å². The van der Waals surface area contributed by atoms with Gasteiger partial charge in [0.25, 0.3) is 0 Å². The second kappa shape index (κ2) is 4.26. The van der Waals surface area contributed by atoms with E-state index in [0.29, 0.717) is 5.56 Å². The molecular formula is C9H12INO2. The Balaban J connectivity index is 3.01. The number of phenols is 1. The predicted octanol–water partition coefficient (Wildman–Crippen LogP) is 1.38. The maximum atomic E-state index is 9.51. The number of benzene rings is 1. The molecule has 0 fully saturated rings. The van der Waals surface area contributed by atoms with Crippen LogP contribution in [-0.2, 0) is 0 Å². The van der Waals surface area contributed by atoms with Gasteiger partial charge in [-0.05, 0) is 41.6 Å². The molecule has 3 nitrogen and oxygen atoms in total. The molecule has 72 valence electrons. The largest absolute Gasteiger partial charge is 0.508 e. The normalized spacial score (nSPS) is 15.4. The van der Waals surface area contributed by atoms with E-state index < -0.39 is 12.1 Å². The SMILES string of the molecule is C[C@@H](O)[C@@H](N)c1ccc(I)cc1O. The van der Waals surface area contributed by atoms with Crippen molar-refractivity contribution in [3.63, 3.8) is 0 Å². The number of aliphatic hydroxyl groups is 1. The lowest BCUT2D eigenvalue weighted by atomic mass is 10.0. The van der Waals surface area contributed by atoms with E-state index in [0.717, 1.165) is 3.57 Å². The van der Waals surface area contributed by atoms with Gasteiger partial charge in [0.2, 0.25) is 0 Å². The van der Waals surface area contributed by atoms with Crippen molar-refractivity contribution in [2.75, 3.05) is 0 Å². The van der Waals surface area contributed by atoms with Crippen LogP contribution >= 0.6 is 22.6 Å². The van der Waals surface area contributed by atoms with Gasteiger partial charge < -0.3 is 15.9 Å². The molecule has 0 saturated carbocycles. The van der Waals surface area contributed by atoms with Crippen molar-refractivity contribution < 1.29 is 10.2 Å². The Kier molecular flexibility index (Phi) is 3.52. The summed E-state index contributed by atoms with van der Waals surface area (Å²) in [6.45, 7) is 1.60. The molecule has 0 aliphatic rings. The van der Waals surface area contributed by atoms with Crippen LogP contribution in [0.4, 0.5) is 0 Å². The molecule has 0 radical (unpaired) electrons. The van der Waals surface area contributed by atoms with E-state index in [-0.39, 0.29) is 5.75 Å². The highest BCUT2D eigenvalue weighted by Gasteiger charge is 2.15. The van der Waals surface area contributed by atoms with Gasteiger partial charge in [0.1, 0.15) is 5.75 Å². The summed E-state index contributed by atoms with van der Waals surface area (Å²) in [6, 6.07) is 4.67. The molecule has 0 aliphatic carbocycles. The highest BCUT2D eigenvalue weighted by molar-refractivity contribution is 14.1. The topological polar surface area (TPSA) is 66.5 Å². The molecule has 4 heteroatoms. The summed E-state index contributed by atoms with van der Waals surface area (Å²) in [5, 5.41) is 18.7. The fourth-order valence-corrected chi connectivity index (χ4v) is 1.53. The van der Waals surface area contributed by atoms with Gasteiger partial charge >= 0.3 is 0 Å². The predicted molar refractivity (Wildman–Crippen MR) is 59.4 cm³/mol. The van der Waals surface area contributed by atoms with Crippen LogP contribution in [0.15, 0.2) is 18.2 Å². The lowest BCUT2D eigenvalue weighted by Gasteiger charge is -2.16. The van der Waals surface area contributed by atoms with E-state index in [4.69, 9.17) is 5.73 Å². The first kappa shape index (κ1) is 10.7. The first-order chi connectivity index (χ1) is 6.02. The standard InChI is InChI=1S/C9H12INO2/c1-5(12)9(11)7-3-2-6(10)4-8(7)13/h2-5,9,12-13H,11H2,1H3/t5-,9-/m1/s1. The monoisotopic (exact) mass is 293 g/mol. The molecular weight excluding hydrogens is 281 g/mol. The number of phenolic OH excluding ortho intramolecular Hbond substituents is 1. The van der Waals surface area contributed by atoms with E-state index in [2.05, 4.69) is 22.6 Å². The van der Waals surface area contributed by atoms with Gasteiger partial charge in [-0.25, -0.2) is 0 Å². The lowest BCUT2D eigenvalue weighted by Crippen LogP contribution is -2.23. The van der Waals surface area contributed by atoms with Gasteiger partial charge in [-0.2, -0.15) is 0 Å². The molecule has 0 aromatic heterocycles. The minimum atomic E-state index is -0.661. The van der Waals surface area contributed by atoms with Crippen LogP contribution in [0, 0.1) is 3.57 Å². The number of nitrogens with two attached hydrogens (primary N) is 1. The molecule has 0 spiro atoms. The molecule has 0 amide bonds. The van der Waals surface area contributed by atoms with E-state index in [1.54, 1.807) is 19.1 Å². The van der Waals surface area contributed by atoms with Crippen molar-refractivity contribution in [3.05, 3.63) is 27.3 Å². The quantitative estimate of drug-likeness (QED) is 0.722. The molecule has 0 heterocycles. The third-order valence-corrected chi connectivity index (χ3v) is 2.54. The van der Waals surface area contributed by atoms with Crippen LogP contribution in [0.5, 0.6) is 5.75 Å². The maximum absolute atomic E-state index is 9.51. The molecule has 0 aliphatic heterocycles. The summed E-state index contributed by atoms with van der Waals surface area (Å²) in [5.74, 6) is 0.139. The zero-order valence-corrected chi connectivity index (χ0v) is 9.39. The van der Waals surface area contributed by atoms with Crippen LogP contribution in [0.2, 0.25) is 0 Å². The van der Waals surface area contributed by atoms with Gasteiger partial charge in [-0.1, -0.05) is 6.07 Å². The molecule has 2 atom stereocenters. The summed E-state index contributed by atoms with van der Waals surface area (Å²) in [5.41, 5.74) is 6.26. The van der Waals surface area contributed by atoms with Crippen molar-refractivity contribution in [2.24, 2.45) is 5.73 Å². The van der Waals surface area contributed by atoms with Crippen molar-refractivity contribution in [1.82, 2.24) is 0 Å². The Hall–Kier alpha value is -0.330. The first-order valence-corrected chi connectivity index (χ1v) is 5.02. The smallest absolute Gasteiger partial charge is 0.121 e. The highest BCUT2D eigenvalue weighted by Crippen LogP contribution is 2.26. The van der Waals surface area contributed by atoms with Crippen molar-refractivity contribution >= 4 is 22.6 Å². The van der Waals surface area contributed by atoms with E-state index in [9.17, 15) is 10.2 Å². The van der Waals surface area contributed by atoms with Gasteiger partial charge in [0.05, 0.1) is 12.1 Å². The fraction of sp³-hybridized carbons (Fsp3) is 0.333. The Morgan fingerprint density at radius 2 is 2.08 bits per heavy atom. The Bertz CT molecular complexity index is 302. The number of aliphatic hydroxyl groups excluding tert-OH is 1. The van der Waals surface area contributed by atoms with Crippen LogP contribution < -0.4 is 5.73 Å². The molecule has 0 unspecified atom stereocenters. The third kappa shape index (κ3) is 2.55. The summed E-state index contributed by atoms with van der Waals surface area (Å²) < 4.78 is 0.941. The van der Waals surface area contributed by atoms with Crippen LogP contribution in [0.1, 0.15) is 18.5 Å². The molecule has 1 rings (SSSR count). The molecule has 0 bridgehead atoms. The molecule has 13 heavy (non-hydrogen) atoms. The number of hydrogen-bond donors (Lipinski definition) is 3. The number of hydrogen-bond acceptors (Lipinski definition) is 3. The molecule has 4 N–H and O–H groups in total. The zero-order valence-electron chi connectivity index (χ0n) is 7.24. The summed E-state index contributed by atoms with van der Waals surface area (Å²) in [7, 11) is 0. The number of aromatic hydroxyl groups is 1. The minimum absolute atomic E-state index is 0.139. The second-order valence-electron chi connectivity index (χ2n) is 2.97. The third-order valence-electron chi connectivity index (χ3n) is 1.87. The maximum Gasteiger partial charge on any atom is 0.121 e. The van der Waals surface area contributed by atoms with E-state index in [1.807, 2.05) is 6.07 Å². The summed E-state index contributed by atoms with van der Waals surface area (Å²) >= 11 is 2.10. The fourth-order valence-electron chi connectivity index (χ4n) is 1.06. The molecule has 1 aromatic carbocycles. The van der Waals surface area contributed by atoms with Gasteiger partial charge in [-0.15, -0.1) is 0 Å². The average Bonchev–Trinajstić information content (AvgIpc) is 2.03. The minimum Gasteiger partial charge on any atom is -0.508 e. The van der Waals surface area contributed by atoms with Gasteiger partial charge in [-0.3, -0.25) is 0 Å². The first-order valence-electron chi connectivity index (χ1n) is 3.94. The van der Waals surface area contributed by atoms with Crippen molar-refractivity contribution in [2.45, 2.75) is 19.1 Å². The molecule has 0 saturated heterocycles. The Morgan fingerprint density at radius 3 is 2.54 bits per heavy atom. The summed E-state index contributed by atoms with van der Waals surface area (Å²) in [4.78, 5) is 0. The van der Waals surface area contributed by atoms with Gasteiger partial charge in [0, 0.05) is 9.13 Å². The van der Waals surface area contributed by atoms with E-state index in [1.165, 1.54) is 0 Å². The van der Waals surface area contributed by atoms with E-state index >= 15 is 0 Å². The lowest BCUT2D eigenvalue weighted by molar-refractivity contribution is 0.163. The number of rotatable bonds is 2. The summed E-state index contributed by atoms with van der Waals surface area (Å²) in [6.07, 6.45) is -0.661. The zero-order chi connectivity index (χ0) is 10.0. The van der Waals surface area contributed by atoms with Crippen LogP contribution in [0.25, 0.3) is 0 Å². The van der Waals surface area contributed by atoms with Gasteiger partial charge in [0.15, 0.2) is 0 Å².